The molecular formula is C27H22N4O3S. The summed E-state index contributed by atoms with van der Waals surface area (Å²) in [4.78, 5) is 33.9. The van der Waals surface area contributed by atoms with Crippen LogP contribution < -0.4 is 10.5 Å². The summed E-state index contributed by atoms with van der Waals surface area (Å²) in [5, 5.41) is 1.91. The predicted molar refractivity (Wildman–Crippen MR) is 135 cm³/mol. The van der Waals surface area contributed by atoms with Gasteiger partial charge in [0.25, 0.3) is 0 Å². The molecule has 0 spiro atoms. The van der Waals surface area contributed by atoms with E-state index in [9.17, 15) is 9.59 Å². The molecule has 8 heteroatoms. The summed E-state index contributed by atoms with van der Waals surface area (Å²) in [6, 6.07) is 10.7. The van der Waals surface area contributed by atoms with E-state index in [4.69, 9.17) is 10.5 Å². The van der Waals surface area contributed by atoms with Crippen molar-refractivity contribution >= 4 is 29.0 Å². The highest BCUT2D eigenvalue weighted by Crippen LogP contribution is 2.31. The molecule has 0 saturated carbocycles. The smallest absolute Gasteiger partial charge is 0.353 e. The standard InChI is InChI=1S/C27H22N4O3S/c1-16-11-24(35-15-16)26(33)34-19-6-3-5-17(12-19)9-10-18-14-29-27(28)30-25(18)22-13-20-21(31(22)2)7-4-8-23(20)32/h3,5-6,11-15H,4,7-8H2,1-2H3,(H2,28,29,30). The van der Waals surface area contributed by atoms with Crippen LogP contribution in [0.5, 0.6) is 5.75 Å². The molecule has 3 aromatic heterocycles. The van der Waals surface area contributed by atoms with Gasteiger partial charge in [0.15, 0.2) is 5.78 Å². The fourth-order valence-corrected chi connectivity index (χ4v) is 4.89. The summed E-state index contributed by atoms with van der Waals surface area (Å²) >= 11 is 1.35. The summed E-state index contributed by atoms with van der Waals surface area (Å²) in [7, 11) is 1.93. The van der Waals surface area contributed by atoms with Gasteiger partial charge in [0.2, 0.25) is 5.95 Å². The highest BCUT2D eigenvalue weighted by molar-refractivity contribution is 7.12. The second-order valence-electron chi connectivity index (χ2n) is 8.37. The zero-order chi connectivity index (χ0) is 24.5. The number of Topliss-reactive ketones (excluding diaryl/α,β-unsaturated/α-hetero) is 1. The number of benzene rings is 1. The molecule has 5 rings (SSSR count). The molecule has 3 heterocycles. The number of hydrogen-bond acceptors (Lipinski definition) is 7. The molecule has 1 aliphatic rings. The molecule has 7 nitrogen and oxygen atoms in total. The molecule has 0 atom stereocenters. The van der Waals surface area contributed by atoms with Crippen LogP contribution in [0, 0.1) is 18.8 Å². The summed E-state index contributed by atoms with van der Waals surface area (Å²) in [6.45, 7) is 1.93. The molecule has 2 N–H and O–H groups in total. The Hall–Kier alpha value is -4.22. The molecule has 0 amide bonds. The highest BCUT2D eigenvalue weighted by Gasteiger charge is 2.24. The third-order valence-electron chi connectivity index (χ3n) is 5.84. The number of hydrogen-bond donors (Lipinski definition) is 1. The van der Waals surface area contributed by atoms with Gasteiger partial charge >= 0.3 is 5.97 Å². The van der Waals surface area contributed by atoms with Gasteiger partial charge < -0.3 is 15.0 Å². The van der Waals surface area contributed by atoms with E-state index >= 15 is 0 Å². The Morgan fingerprint density at radius 1 is 1.20 bits per heavy atom. The lowest BCUT2D eigenvalue weighted by molar-refractivity contribution is 0.0739. The topological polar surface area (TPSA) is 100 Å². The third-order valence-corrected chi connectivity index (χ3v) is 6.87. The Labute approximate surface area is 206 Å². The van der Waals surface area contributed by atoms with Gasteiger partial charge in [0.1, 0.15) is 16.3 Å². The van der Waals surface area contributed by atoms with Gasteiger partial charge in [-0.25, -0.2) is 14.8 Å². The Morgan fingerprint density at radius 3 is 2.83 bits per heavy atom. The molecule has 0 aliphatic heterocycles. The maximum absolute atomic E-state index is 12.4. The van der Waals surface area contributed by atoms with Crippen molar-refractivity contribution in [3.63, 3.8) is 0 Å². The van der Waals surface area contributed by atoms with E-state index in [0.717, 1.165) is 35.4 Å². The first-order chi connectivity index (χ1) is 16.9. The molecule has 174 valence electrons. The molecule has 0 saturated heterocycles. The second kappa shape index (κ2) is 9.20. The van der Waals surface area contributed by atoms with Gasteiger partial charge in [0, 0.05) is 36.5 Å². The van der Waals surface area contributed by atoms with Crippen LogP contribution in [0.25, 0.3) is 11.4 Å². The minimum Gasteiger partial charge on any atom is -0.422 e. The molecular weight excluding hydrogens is 460 g/mol. The highest BCUT2D eigenvalue weighted by atomic mass is 32.1. The number of ketones is 1. The van der Waals surface area contributed by atoms with Crippen LogP contribution in [0.2, 0.25) is 0 Å². The average Bonchev–Trinajstić information content (AvgIpc) is 3.43. The van der Waals surface area contributed by atoms with E-state index in [-0.39, 0.29) is 11.7 Å². The molecule has 1 aliphatic carbocycles. The van der Waals surface area contributed by atoms with E-state index in [2.05, 4.69) is 21.8 Å². The summed E-state index contributed by atoms with van der Waals surface area (Å²) < 4.78 is 7.51. The van der Waals surface area contributed by atoms with Crippen LogP contribution in [0.1, 0.15) is 55.3 Å². The number of esters is 1. The molecule has 0 fully saturated rings. The molecule has 35 heavy (non-hydrogen) atoms. The third kappa shape index (κ3) is 4.59. The first-order valence-corrected chi connectivity index (χ1v) is 12.0. The maximum Gasteiger partial charge on any atom is 0.353 e. The van der Waals surface area contributed by atoms with E-state index in [1.807, 2.05) is 36.1 Å². The van der Waals surface area contributed by atoms with Crippen LogP contribution in [-0.2, 0) is 13.5 Å². The fourth-order valence-electron chi connectivity index (χ4n) is 4.12. The second-order valence-corrected chi connectivity index (χ2v) is 9.28. The average molecular weight is 483 g/mol. The minimum atomic E-state index is -0.398. The maximum atomic E-state index is 12.4. The number of ether oxygens (including phenoxy) is 1. The van der Waals surface area contributed by atoms with Crippen LogP contribution in [0.15, 0.2) is 48.0 Å². The lowest BCUT2D eigenvalue weighted by Gasteiger charge is -2.13. The van der Waals surface area contributed by atoms with Gasteiger partial charge in [0.05, 0.1) is 11.3 Å². The first kappa shape index (κ1) is 22.6. The fraction of sp³-hybridized carbons (Fsp3) is 0.185. The Bertz CT molecular complexity index is 1540. The number of anilines is 1. The molecule has 0 unspecified atom stereocenters. The number of carbonyl (C=O) groups excluding carboxylic acids is 2. The van der Waals surface area contributed by atoms with E-state index in [1.165, 1.54) is 11.3 Å². The summed E-state index contributed by atoms with van der Waals surface area (Å²) in [6.07, 6.45) is 3.83. The van der Waals surface area contributed by atoms with Crippen molar-refractivity contribution in [2.75, 3.05) is 5.73 Å². The molecule has 0 bridgehead atoms. The summed E-state index contributed by atoms with van der Waals surface area (Å²) in [5.41, 5.74) is 11.3. The number of rotatable bonds is 3. The zero-order valence-electron chi connectivity index (χ0n) is 19.3. The van der Waals surface area contributed by atoms with Crippen LogP contribution in [0.3, 0.4) is 0 Å². The van der Waals surface area contributed by atoms with E-state index in [1.54, 1.807) is 30.5 Å². The van der Waals surface area contributed by atoms with Crippen molar-refractivity contribution in [2.24, 2.45) is 7.05 Å². The molecule has 4 aromatic rings. The van der Waals surface area contributed by atoms with Crippen LogP contribution in [0.4, 0.5) is 5.95 Å². The van der Waals surface area contributed by atoms with Crippen LogP contribution >= 0.6 is 11.3 Å². The van der Waals surface area contributed by atoms with Gasteiger partial charge in [-0.1, -0.05) is 17.9 Å². The lowest BCUT2D eigenvalue weighted by atomic mass is 9.96. The first-order valence-electron chi connectivity index (χ1n) is 11.1. The number of nitrogens with two attached hydrogens (primary N) is 1. The summed E-state index contributed by atoms with van der Waals surface area (Å²) in [5.74, 6) is 6.52. The minimum absolute atomic E-state index is 0.133. The Kier molecular flexibility index (Phi) is 5.93. The quantitative estimate of drug-likeness (QED) is 0.261. The van der Waals surface area contributed by atoms with Gasteiger partial charge in [-0.15, -0.1) is 11.3 Å². The lowest BCUT2D eigenvalue weighted by Crippen LogP contribution is -2.11. The van der Waals surface area contributed by atoms with Crippen molar-refractivity contribution in [3.05, 3.63) is 80.8 Å². The van der Waals surface area contributed by atoms with Crippen molar-refractivity contribution in [1.82, 2.24) is 14.5 Å². The number of aromatic nitrogens is 3. The van der Waals surface area contributed by atoms with Crippen molar-refractivity contribution in [1.29, 1.82) is 0 Å². The normalized spacial score (nSPS) is 12.6. The van der Waals surface area contributed by atoms with Crippen molar-refractivity contribution in [3.8, 4) is 29.0 Å². The predicted octanol–water partition coefficient (Wildman–Crippen LogP) is 4.57. The van der Waals surface area contributed by atoms with Gasteiger partial charge in [-0.05, 0) is 61.0 Å². The van der Waals surface area contributed by atoms with E-state index < -0.39 is 5.97 Å². The number of carbonyl (C=O) groups is 2. The zero-order valence-corrected chi connectivity index (χ0v) is 20.1. The molecule has 1 aromatic carbocycles. The van der Waals surface area contributed by atoms with Crippen LogP contribution in [-0.4, -0.2) is 26.3 Å². The Morgan fingerprint density at radius 2 is 2.06 bits per heavy atom. The van der Waals surface area contributed by atoms with Gasteiger partial charge in [-0.2, -0.15) is 0 Å². The van der Waals surface area contributed by atoms with Crippen molar-refractivity contribution < 1.29 is 14.3 Å². The largest absolute Gasteiger partial charge is 0.422 e. The number of thiophene rings is 1. The van der Waals surface area contributed by atoms with E-state index in [0.29, 0.717) is 33.9 Å². The van der Waals surface area contributed by atoms with Crippen molar-refractivity contribution in [2.45, 2.75) is 26.2 Å². The Balaban J connectivity index is 1.46. The SMILES string of the molecule is Cc1csc(C(=O)Oc2cccc(C#Cc3cnc(N)nc3-c3cc4c(n3C)CCCC4=O)c2)c1. The molecule has 0 radical (unpaired) electrons. The monoisotopic (exact) mass is 482 g/mol. The number of fused-ring (bicyclic) bond motifs is 1. The number of nitrogen functional groups attached to an aromatic ring is 1. The number of nitrogens with zero attached hydrogens (tertiary/aromatic N) is 3. The number of aryl methyl sites for hydroxylation is 1. The van der Waals surface area contributed by atoms with Gasteiger partial charge in [-0.3, -0.25) is 4.79 Å².